The fourth-order valence-corrected chi connectivity index (χ4v) is 2.10. The van der Waals surface area contributed by atoms with Crippen LogP contribution in [0.2, 0.25) is 0 Å². The smallest absolute Gasteiger partial charge is 0.308 e. The van der Waals surface area contributed by atoms with Crippen molar-refractivity contribution in [1.82, 2.24) is 4.90 Å². The van der Waals surface area contributed by atoms with Crippen LogP contribution in [0.15, 0.2) is 0 Å². The molecule has 1 fully saturated rings. The quantitative estimate of drug-likeness (QED) is 0.777. The van der Waals surface area contributed by atoms with E-state index in [2.05, 4.69) is 11.8 Å². The maximum Gasteiger partial charge on any atom is 0.308 e. The summed E-state index contributed by atoms with van der Waals surface area (Å²) < 4.78 is 0. The lowest BCUT2D eigenvalue weighted by molar-refractivity contribution is -0.144. The molecule has 15 heavy (non-hydrogen) atoms. The third kappa shape index (κ3) is 3.82. The fourth-order valence-electron chi connectivity index (χ4n) is 2.10. The van der Waals surface area contributed by atoms with Crippen LogP contribution < -0.4 is 0 Å². The van der Waals surface area contributed by atoms with Crippen LogP contribution in [0, 0.1) is 17.8 Å². The molecule has 0 bridgehead atoms. The highest BCUT2D eigenvalue weighted by Crippen LogP contribution is 2.19. The number of likely N-dealkylation sites (tertiary alicyclic amines) is 1. The Morgan fingerprint density at radius 2 is 1.93 bits per heavy atom. The van der Waals surface area contributed by atoms with E-state index in [9.17, 15) is 4.79 Å². The van der Waals surface area contributed by atoms with Crippen LogP contribution in [0.5, 0.6) is 0 Å². The summed E-state index contributed by atoms with van der Waals surface area (Å²) in [6.45, 7) is 9.11. The van der Waals surface area contributed by atoms with Crippen molar-refractivity contribution in [1.29, 1.82) is 0 Å². The second-order valence-electron chi connectivity index (χ2n) is 5.17. The third-order valence-electron chi connectivity index (χ3n) is 3.45. The number of piperidine rings is 1. The monoisotopic (exact) mass is 213 g/mol. The molecule has 0 spiro atoms. The second kappa shape index (κ2) is 5.50. The van der Waals surface area contributed by atoms with Crippen LogP contribution in [0.25, 0.3) is 0 Å². The highest BCUT2D eigenvalue weighted by molar-refractivity contribution is 5.70. The van der Waals surface area contributed by atoms with Crippen LogP contribution in [-0.4, -0.2) is 35.6 Å². The fraction of sp³-hybridized carbons (Fsp3) is 0.917. The summed E-state index contributed by atoms with van der Waals surface area (Å²) in [4.78, 5) is 13.4. The van der Waals surface area contributed by atoms with Gasteiger partial charge in [-0.15, -0.1) is 0 Å². The predicted molar refractivity (Wildman–Crippen MR) is 60.8 cm³/mol. The summed E-state index contributed by atoms with van der Waals surface area (Å²) in [5.41, 5.74) is 0. The average Bonchev–Trinajstić information content (AvgIpc) is 2.15. The number of carboxylic acids is 1. The van der Waals surface area contributed by atoms with E-state index in [1.165, 1.54) is 12.8 Å². The summed E-state index contributed by atoms with van der Waals surface area (Å²) in [7, 11) is 0. The first-order valence-corrected chi connectivity index (χ1v) is 5.96. The zero-order chi connectivity index (χ0) is 11.4. The van der Waals surface area contributed by atoms with Gasteiger partial charge in [-0.1, -0.05) is 20.8 Å². The van der Waals surface area contributed by atoms with E-state index in [1.807, 2.05) is 13.8 Å². The number of hydrogen-bond donors (Lipinski definition) is 1. The molecule has 1 saturated heterocycles. The number of nitrogens with zero attached hydrogens (tertiary/aromatic N) is 1. The van der Waals surface area contributed by atoms with E-state index >= 15 is 0 Å². The van der Waals surface area contributed by atoms with Crippen LogP contribution >= 0.6 is 0 Å². The molecule has 3 heteroatoms. The molecule has 0 aliphatic carbocycles. The minimum Gasteiger partial charge on any atom is -0.481 e. The van der Waals surface area contributed by atoms with Crippen LogP contribution in [-0.2, 0) is 4.79 Å². The molecule has 0 aromatic heterocycles. The van der Waals surface area contributed by atoms with E-state index in [0.29, 0.717) is 0 Å². The van der Waals surface area contributed by atoms with Crippen molar-refractivity contribution in [3.05, 3.63) is 0 Å². The molecule has 1 aliphatic rings. The number of aliphatic carboxylic acids is 1. The Morgan fingerprint density at radius 3 is 2.33 bits per heavy atom. The van der Waals surface area contributed by atoms with Crippen LogP contribution in [0.4, 0.5) is 0 Å². The van der Waals surface area contributed by atoms with Gasteiger partial charge in [-0.25, -0.2) is 0 Å². The molecule has 1 rings (SSSR count). The molecule has 1 heterocycles. The van der Waals surface area contributed by atoms with Gasteiger partial charge in [0.1, 0.15) is 0 Å². The minimum absolute atomic E-state index is 0.210. The lowest BCUT2D eigenvalue weighted by Gasteiger charge is -2.32. The van der Waals surface area contributed by atoms with Gasteiger partial charge in [0.05, 0.1) is 5.92 Å². The van der Waals surface area contributed by atoms with E-state index in [4.69, 9.17) is 5.11 Å². The minimum atomic E-state index is -0.649. The summed E-state index contributed by atoms with van der Waals surface area (Å²) in [6, 6.07) is 0. The van der Waals surface area contributed by atoms with Gasteiger partial charge in [0.15, 0.2) is 0 Å². The van der Waals surface area contributed by atoms with Crippen molar-refractivity contribution < 1.29 is 9.90 Å². The Balaban J connectivity index is 2.41. The molecule has 1 atom stereocenters. The zero-order valence-electron chi connectivity index (χ0n) is 10.1. The molecular weight excluding hydrogens is 190 g/mol. The van der Waals surface area contributed by atoms with Crippen molar-refractivity contribution in [3.8, 4) is 0 Å². The standard InChI is InChI=1S/C12H23NO2/c1-9(2)11(12(14)15)8-13-6-4-10(3)5-7-13/h9-11H,4-8H2,1-3H3,(H,14,15). The van der Waals surface area contributed by atoms with Crippen LogP contribution in [0.1, 0.15) is 33.6 Å². The number of hydrogen-bond acceptors (Lipinski definition) is 2. The lowest BCUT2D eigenvalue weighted by Crippen LogP contribution is -2.40. The molecule has 1 unspecified atom stereocenters. The molecule has 1 N–H and O–H groups in total. The van der Waals surface area contributed by atoms with E-state index in [1.54, 1.807) is 0 Å². The normalized spacial score (nSPS) is 21.9. The van der Waals surface area contributed by atoms with Crippen molar-refractivity contribution >= 4 is 5.97 Å². The molecule has 88 valence electrons. The van der Waals surface area contributed by atoms with E-state index in [-0.39, 0.29) is 11.8 Å². The molecule has 3 nitrogen and oxygen atoms in total. The SMILES string of the molecule is CC1CCN(CC(C(=O)O)C(C)C)CC1. The molecule has 0 aromatic carbocycles. The van der Waals surface area contributed by atoms with E-state index < -0.39 is 5.97 Å². The first-order valence-electron chi connectivity index (χ1n) is 5.96. The van der Waals surface area contributed by atoms with Gasteiger partial charge in [-0.2, -0.15) is 0 Å². The van der Waals surface area contributed by atoms with Crippen molar-refractivity contribution in [2.75, 3.05) is 19.6 Å². The van der Waals surface area contributed by atoms with Gasteiger partial charge in [-0.05, 0) is 37.8 Å². The maximum atomic E-state index is 11.1. The zero-order valence-corrected chi connectivity index (χ0v) is 10.1. The summed E-state index contributed by atoms with van der Waals surface area (Å²) in [5, 5.41) is 9.10. The predicted octanol–water partition coefficient (Wildman–Crippen LogP) is 2.08. The molecule has 0 amide bonds. The molecule has 0 aromatic rings. The molecular formula is C12H23NO2. The van der Waals surface area contributed by atoms with Gasteiger partial charge < -0.3 is 10.0 Å². The Hall–Kier alpha value is -0.570. The first kappa shape index (κ1) is 12.5. The topological polar surface area (TPSA) is 40.5 Å². The van der Waals surface area contributed by atoms with Gasteiger partial charge >= 0.3 is 5.97 Å². The average molecular weight is 213 g/mol. The third-order valence-corrected chi connectivity index (χ3v) is 3.45. The van der Waals surface area contributed by atoms with Gasteiger partial charge in [0.2, 0.25) is 0 Å². The summed E-state index contributed by atoms with van der Waals surface area (Å²) in [5.74, 6) is 0.174. The van der Waals surface area contributed by atoms with E-state index in [0.717, 1.165) is 25.6 Å². The number of carbonyl (C=O) groups is 1. The first-order chi connectivity index (χ1) is 7.00. The number of rotatable bonds is 4. The molecule has 0 radical (unpaired) electrons. The van der Waals surface area contributed by atoms with Crippen molar-refractivity contribution in [3.63, 3.8) is 0 Å². The Kier molecular flexibility index (Phi) is 4.58. The van der Waals surface area contributed by atoms with Gasteiger partial charge in [0, 0.05) is 6.54 Å². The maximum absolute atomic E-state index is 11.1. The summed E-state index contributed by atoms with van der Waals surface area (Å²) in [6.07, 6.45) is 2.43. The Morgan fingerprint density at radius 1 is 1.40 bits per heavy atom. The summed E-state index contributed by atoms with van der Waals surface area (Å²) >= 11 is 0. The van der Waals surface area contributed by atoms with Crippen molar-refractivity contribution in [2.24, 2.45) is 17.8 Å². The Bertz CT molecular complexity index is 208. The second-order valence-corrected chi connectivity index (χ2v) is 5.17. The van der Waals surface area contributed by atoms with Gasteiger partial charge in [-0.3, -0.25) is 4.79 Å². The van der Waals surface area contributed by atoms with Crippen molar-refractivity contribution in [2.45, 2.75) is 33.6 Å². The number of carboxylic acid groups (broad SMARTS) is 1. The largest absolute Gasteiger partial charge is 0.481 e. The highest BCUT2D eigenvalue weighted by Gasteiger charge is 2.26. The highest BCUT2D eigenvalue weighted by atomic mass is 16.4. The Labute approximate surface area is 92.5 Å². The molecule has 0 saturated carbocycles. The van der Waals surface area contributed by atoms with Gasteiger partial charge in [0.25, 0.3) is 0 Å². The van der Waals surface area contributed by atoms with Crippen LogP contribution in [0.3, 0.4) is 0 Å². The lowest BCUT2D eigenvalue weighted by atomic mass is 9.93. The molecule has 1 aliphatic heterocycles.